The Hall–Kier alpha value is -0.370. The van der Waals surface area contributed by atoms with Crippen LogP contribution in [0.25, 0.3) is 0 Å². The van der Waals surface area contributed by atoms with Gasteiger partial charge in [-0.2, -0.15) is 0 Å². The molecule has 18 heavy (non-hydrogen) atoms. The number of aliphatic imine (C=N–C) groups is 1. The summed E-state index contributed by atoms with van der Waals surface area (Å²) in [6, 6.07) is 0.876. The van der Waals surface area contributed by atoms with E-state index in [9.17, 15) is 0 Å². The van der Waals surface area contributed by atoms with Gasteiger partial charge in [-0.05, 0) is 44.9 Å². The standard InChI is InChI=1S/C16H30N2/c1-2-4-6-11-16(10-5-3-1)18-14-8-7-12-17-13-9-15-18/h12,16H,1-11,13-15H2. The third-order valence-electron chi connectivity index (χ3n) is 4.48. The highest BCUT2D eigenvalue weighted by Gasteiger charge is 2.18. The molecule has 0 bridgehead atoms. The van der Waals surface area contributed by atoms with Crippen molar-refractivity contribution in [1.82, 2.24) is 4.90 Å². The van der Waals surface area contributed by atoms with E-state index < -0.39 is 0 Å². The van der Waals surface area contributed by atoms with Crippen molar-refractivity contribution in [2.24, 2.45) is 4.99 Å². The van der Waals surface area contributed by atoms with E-state index in [1.165, 1.54) is 83.7 Å². The summed E-state index contributed by atoms with van der Waals surface area (Å²) in [5.74, 6) is 0. The molecule has 0 unspecified atom stereocenters. The first kappa shape index (κ1) is 14.0. The number of nitrogens with zero attached hydrogens (tertiary/aromatic N) is 2. The van der Waals surface area contributed by atoms with Crippen LogP contribution >= 0.6 is 0 Å². The van der Waals surface area contributed by atoms with Gasteiger partial charge < -0.3 is 4.90 Å². The Balaban J connectivity index is 1.84. The van der Waals surface area contributed by atoms with Gasteiger partial charge in [0.25, 0.3) is 0 Å². The molecule has 0 atom stereocenters. The van der Waals surface area contributed by atoms with E-state index >= 15 is 0 Å². The summed E-state index contributed by atoms with van der Waals surface area (Å²) in [4.78, 5) is 7.26. The molecule has 0 aromatic rings. The van der Waals surface area contributed by atoms with Crippen molar-refractivity contribution in [2.45, 2.75) is 76.7 Å². The minimum absolute atomic E-state index is 0.876. The van der Waals surface area contributed by atoms with Gasteiger partial charge in [0.2, 0.25) is 0 Å². The number of rotatable bonds is 1. The van der Waals surface area contributed by atoms with Crippen molar-refractivity contribution in [3.05, 3.63) is 0 Å². The number of hydrogen-bond donors (Lipinski definition) is 0. The molecule has 0 amide bonds. The molecule has 1 aliphatic carbocycles. The van der Waals surface area contributed by atoms with Gasteiger partial charge in [0.15, 0.2) is 0 Å². The fraction of sp³-hybridized carbons (Fsp3) is 0.938. The van der Waals surface area contributed by atoms with Crippen LogP contribution in [0.4, 0.5) is 0 Å². The highest BCUT2D eigenvalue weighted by atomic mass is 15.1. The molecule has 2 heteroatoms. The van der Waals surface area contributed by atoms with Crippen LogP contribution in [0, 0.1) is 0 Å². The monoisotopic (exact) mass is 250 g/mol. The summed E-state index contributed by atoms with van der Waals surface area (Å²) >= 11 is 0. The zero-order chi connectivity index (χ0) is 12.5. The van der Waals surface area contributed by atoms with Gasteiger partial charge in [0, 0.05) is 19.1 Å². The van der Waals surface area contributed by atoms with E-state index in [0.29, 0.717) is 0 Å². The van der Waals surface area contributed by atoms with Gasteiger partial charge >= 0.3 is 0 Å². The average Bonchev–Trinajstić information content (AvgIpc) is 2.61. The summed E-state index contributed by atoms with van der Waals surface area (Å²) in [6.07, 6.45) is 17.6. The van der Waals surface area contributed by atoms with Crippen molar-refractivity contribution in [3.63, 3.8) is 0 Å². The minimum atomic E-state index is 0.876. The maximum atomic E-state index is 4.47. The zero-order valence-corrected chi connectivity index (χ0v) is 11.9. The lowest BCUT2D eigenvalue weighted by Crippen LogP contribution is -2.37. The molecule has 0 radical (unpaired) electrons. The smallest absolute Gasteiger partial charge is 0.0397 e. The molecule has 1 saturated carbocycles. The molecule has 0 aromatic carbocycles. The lowest BCUT2D eigenvalue weighted by molar-refractivity contribution is 0.171. The van der Waals surface area contributed by atoms with Crippen molar-refractivity contribution >= 4 is 6.21 Å². The Morgan fingerprint density at radius 1 is 0.778 bits per heavy atom. The largest absolute Gasteiger partial charge is 0.300 e. The van der Waals surface area contributed by atoms with Crippen LogP contribution in [-0.2, 0) is 0 Å². The van der Waals surface area contributed by atoms with E-state index in [2.05, 4.69) is 16.1 Å². The lowest BCUT2D eigenvalue weighted by Gasteiger charge is -2.31. The molecular weight excluding hydrogens is 220 g/mol. The van der Waals surface area contributed by atoms with Crippen molar-refractivity contribution in [2.75, 3.05) is 19.6 Å². The summed E-state index contributed by atoms with van der Waals surface area (Å²) in [7, 11) is 0. The molecule has 1 heterocycles. The maximum Gasteiger partial charge on any atom is 0.0397 e. The Bertz CT molecular complexity index is 215. The minimum Gasteiger partial charge on any atom is -0.300 e. The second-order valence-corrected chi connectivity index (χ2v) is 5.97. The summed E-state index contributed by atoms with van der Waals surface area (Å²) < 4.78 is 0. The van der Waals surface area contributed by atoms with E-state index in [1.807, 2.05) is 0 Å². The molecule has 0 saturated heterocycles. The summed E-state index contributed by atoms with van der Waals surface area (Å²) in [5.41, 5.74) is 0. The molecule has 0 spiro atoms. The van der Waals surface area contributed by atoms with E-state index in [0.717, 1.165) is 12.6 Å². The molecule has 0 aromatic heterocycles. The predicted molar refractivity (Wildman–Crippen MR) is 79.5 cm³/mol. The van der Waals surface area contributed by atoms with Crippen molar-refractivity contribution < 1.29 is 0 Å². The molecule has 104 valence electrons. The summed E-state index contributed by atoms with van der Waals surface area (Å²) in [6.45, 7) is 3.63. The maximum absolute atomic E-state index is 4.47. The van der Waals surface area contributed by atoms with Crippen LogP contribution in [0.15, 0.2) is 4.99 Å². The molecule has 2 nitrogen and oxygen atoms in total. The summed E-state index contributed by atoms with van der Waals surface area (Å²) in [5, 5.41) is 0. The Kier molecular flexibility index (Phi) is 6.78. The van der Waals surface area contributed by atoms with Crippen LogP contribution in [0.1, 0.15) is 70.6 Å². The van der Waals surface area contributed by atoms with Crippen LogP contribution in [0.2, 0.25) is 0 Å². The average molecular weight is 250 g/mol. The molecular formula is C16H30N2. The van der Waals surface area contributed by atoms with Gasteiger partial charge in [0.1, 0.15) is 0 Å². The first-order valence-electron chi connectivity index (χ1n) is 8.19. The van der Waals surface area contributed by atoms with Crippen molar-refractivity contribution in [1.29, 1.82) is 0 Å². The van der Waals surface area contributed by atoms with Crippen LogP contribution in [0.5, 0.6) is 0 Å². The first-order valence-corrected chi connectivity index (χ1v) is 8.19. The Morgan fingerprint density at radius 2 is 1.44 bits per heavy atom. The molecule has 0 N–H and O–H groups in total. The normalized spacial score (nSPS) is 26.4. The fourth-order valence-corrected chi connectivity index (χ4v) is 3.39. The zero-order valence-electron chi connectivity index (χ0n) is 11.9. The molecule has 2 aliphatic rings. The van der Waals surface area contributed by atoms with Crippen LogP contribution in [-0.4, -0.2) is 36.8 Å². The van der Waals surface area contributed by atoms with Gasteiger partial charge in [0.05, 0.1) is 0 Å². The third kappa shape index (κ3) is 5.09. The fourth-order valence-electron chi connectivity index (χ4n) is 3.39. The highest BCUT2D eigenvalue weighted by Crippen LogP contribution is 2.21. The molecule has 2 rings (SSSR count). The van der Waals surface area contributed by atoms with Crippen LogP contribution in [0.3, 0.4) is 0 Å². The first-order chi connectivity index (χ1) is 8.97. The van der Waals surface area contributed by atoms with Crippen LogP contribution < -0.4 is 0 Å². The van der Waals surface area contributed by atoms with Gasteiger partial charge in [-0.3, -0.25) is 4.99 Å². The quantitative estimate of drug-likeness (QED) is 0.685. The van der Waals surface area contributed by atoms with Gasteiger partial charge in [-0.1, -0.05) is 38.5 Å². The topological polar surface area (TPSA) is 15.6 Å². The second-order valence-electron chi connectivity index (χ2n) is 5.97. The highest BCUT2D eigenvalue weighted by molar-refractivity contribution is 5.56. The third-order valence-corrected chi connectivity index (χ3v) is 4.48. The van der Waals surface area contributed by atoms with Crippen molar-refractivity contribution in [3.8, 4) is 0 Å². The predicted octanol–water partition coefficient (Wildman–Crippen LogP) is 4.05. The van der Waals surface area contributed by atoms with E-state index in [4.69, 9.17) is 0 Å². The van der Waals surface area contributed by atoms with E-state index in [1.54, 1.807) is 0 Å². The molecule has 1 fully saturated rings. The van der Waals surface area contributed by atoms with Gasteiger partial charge in [-0.15, -0.1) is 0 Å². The SMILES string of the molecule is C1=NCCCN(C2CCCCCCCC2)CCC1. The Labute approximate surface area is 113 Å². The second kappa shape index (κ2) is 8.68. The Morgan fingerprint density at radius 3 is 2.22 bits per heavy atom. The lowest BCUT2D eigenvalue weighted by atomic mass is 10.0. The number of hydrogen-bond acceptors (Lipinski definition) is 2. The van der Waals surface area contributed by atoms with E-state index in [-0.39, 0.29) is 0 Å². The van der Waals surface area contributed by atoms with Gasteiger partial charge in [-0.25, -0.2) is 0 Å². The molecule has 1 aliphatic heterocycles.